The third-order valence-corrected chi connectivity index (χ3v) is 5.04. The van der Waals surface area contributed by atoms with Crippen LogP contribution in [0.1, 0.15) is 61.9 Å². The Morgan fingerprint density at radius 3 is 2.36 bits per heavy atom. The molecule has 2 aromatic rings. The second-order valence-corrected chi connectivity index (χ2v) is 6.43. The molecule has 0 bridgehead atoms. The molecule has 4 rings (SSSR count). The Kier molecular flexibility index (Phi) is 2.52. The Morgan fingerprint density at radius 2 is 1.68 bits per heavy atom. The van der Waals surface area contributed by atoms with Gasteiger partial charge in [0.2, 0.25) is 0 Å². The zero-order valence-corrected chi connectivity index (χ0v) is 12.6. The first-order chi connectivity index (χ1) is 10.4. The number of carbonyl (C=O) groups is 2. The first kappa shape index (κ1) is 13.4. The van der Waals surface area contributed by atoms with E-state index in [0.717, 1.165) is 23.1 Å². The van der Waals surface area contributed by atoms with Gasteiger partial charge in [-0.25, -0.2) is 0 Å². The molecule has 1 N–H and O–H groups in total. The molecule has 110 valence electrons. The van der Waals surface area contributed by atoms with E-state index in [-0.39, 0.29) is 11.6 Å². The van der Waals surface area contributed by atoms with Crippen molar-refractivity contribution in [2.24, 2.45) is 0 Å². The van der Waals surface area contributed by atoms with Gasteiger partial charge in [-0.05, 0) is 49.4 Å². The summed E-state index contributed by atoms with van der Waals surface area (Å²) >= 11 is 0. The minimum absolute atomic E-state index is 0.0861. The molecule has 0 aliphatic heterocycles. The predicted octanol–water partition coefficient (Wildman–Crippen LogP) is 2.92. The Morgan fingerprint density at radius 1 is 1.05 bits per heavy atom. The molecule has 1 unspecified atom stereocenters. The summed E-state index contributed by atoms with van der Waals surface area (Å²) < 4.78 is 0. The van der Waals surface area contributed by atoms with E-state index in [2.05, 4.69) is 0 Å². The highest BCUT2D eigenvalue weighted by Gasteiger charge is 2.39. The summed E-state index contributed by atoms with van der Waals surface area (Å²) in [5.74, 6) is -0.212. The lowest BCUT2D eigenvalue weighted by Crippen LogP contribution is -2.24. The van der Waals surface area contributed by atoms with E-state index in [1.807, 2.05) is 6.92 Å². The molecular weight excluding hydrogens is 276 g/mol. The van der Waals surface area contributed by atoms with Crippen molar-refractivity contribution < 1.29 is 14.7 Å². The molecular formula is C19H16O3. The van der Waals surface area contributed by atoms with Crippen molar-refractivity contribution in [1.82, 2.24) is 0 Å². The number of rotatable bonds is 0. The van der Waals surface area contributed by atoms with Crippen molar-refractivity contribution in [2.45, 2.75) is 32.3 Å². The molecule has 2 aromatic carbocycles. The summed E-state index contributed by atoms with van der Waals surface area (Å²) in [6.07, 6.45) is 1.37. The fourth-order valence-corrected chi connectivity index (χ4v) is 3.79. The number of benzene rings is 2. The number of ketones is 2. The fraction of sp³-hybridized carbons (Fsp3) is 0.263. The first-order valence-corrected chi connectivity index (χ1v) is 7.49. The quantitative estimate of drug-likeness (QED) is 0.693. The average molecular weight is 292 g/mol. The number of hydrogen-bond acceptors (Lipinski definition) is 3. The van der Waals surface area contributed by atoms with Gasteiger partial charge in [-0.3, -0.25) is 9.59 Å². The summed E-state index contributed by atoms with van der Waals surface area (Å²) in [7, 11) is 0. The molecule has 0 radical (unpaired) electrons. The third-order valence-electron chi connectivity index (χ3n) is 5.04. The Balaban J connectivity index is 2.06. The fourth-order valence-electron chi connectivity index (χ4n) is 3.79. The lowest BCUT2D eigenvalue weighted by molar-refractivity contribution is 0.0594. The van der Waals surface area contributed by atoms with Gasteiger partial charge >= 0.3 is 0 Å². The van der Waals surface area contributed by atoms with E-state index in [4.69, 9.17) is 0 Å². The van der Waals surface area contributed by atoms with Gasteiger partial charge in [-0.15, -0.1) is 0 Å². The van der Waals surface area contributed by atoms with E-state index in [0.29, 0.717) is 28.7 Å². The molecule has 0 aromatic heterocycles. The van der Waals surface area contributed by atoms with Crippen molar-refractivity contribution in [3.05, 3.63) is 69.3 Å². The van der Waals surface area contributed by atoms with E-state index < -0.39 is 5.60 Å². The van der Waals surface area contributed by atoms with Crippen LogP contribution in [0, 0.1) is 6.92 Å². The number of fused-ring (bicyclic) bond motifs is 3. The SMILES string of the molecule is Cc1c2c(cc3c1C(=O)c1ccccc1C3=O)C(C)(O)CC2. The molecule has 0 amide bonds. The lowest BCUT2D eigenvalue weighted by atomic mass is 9.79. The second-order valence-electron chi connectivity index (χ2n) is 6.43. The molecule has 2 aliphatic rings. The topological polar surface area (TPSA) is 54.4 Å². The minimum atomic E-state index is -0.921. The zero-order valence-electron chi connectivity index (χ0n) is 12.6. The van der Waals surface area contributed by atoms with E-state index in [1.165, 1.54) is 0 Å². The van der Waals surface area contributed by atoms with Crippen LogP contribution < -0.4 is 0 Å². The standard InChI is InChI=1S/C19H16O3/c1-10-11-7-8-19(2,22)15(11)9-14-16(10)18(21)13-6-4-3-5-12(13)17(14)20/h3-6,9,22H,7-8H2,1-2H3. The number of aliphatic hydroxyl groups is 1. The van der Waals surface area contributed by atoms with Crippen LogP contribution in [-0.4, -0.2) is 16.7 Å². The predicted molar refractivity (Wildman–Crippen MR) is 82.4 cm³/mol. The van der Waals surface area contributed by atoms with Crippen LogP contribution in [0.2, 0.25) is 0 Å². The van der Waals surface area contributed by atoms with Crippen LogP contribution in [-0.2, 0) is 12.0 Å². The maximum atomic E-state index is 12.8. The van der Waals surface area contributed by atoms with Gasteiger partial charge in [0.05, 0.1) is 5.60 Å². The molecule has 3 heteroatoms. The molecule has 0 fully saturated rings. The van der Waals surface area contributed by atoms with Crippen LogP contribution in [0.4, 0.5) is 0 Å². The largest absolute Gasteiger partial charge is 0.385 e. The highest BCUT2D eigenvalue weighted by Crippen LogP contribution is 2.42. The maximum absolute atomic E-state index is 12.8. The van der Waals surface area contributed by atoms with Gasteiger partial charge in [-0.2, -0.15) is 0 Å². The van der Waals surface area contributed by atoms with E-state index >= 15 is 0 Å². The van der Waals surface area contributed by atoms with Crippen molar-refractivity contribution in [2.75, 3.05) is 0 Å². The maximum Gasteiger partial charge on any atom is 0.194 e. The summed E-state index contributed by atoms with van der Waals surface area (Å²) in [5, 5.41) is 10.5. The smallest absolute Gasteiger partial charge is 0.194 e. The van der Waals surface area contributed by atoms with Gasteiger partial charge in [-0.1, -0.05) is 24.3 Å². The molecule has 3 nitrogen and oxygen atoms in total. The summed E-state index contributed by atoms with van der Waals surface area (Å²) in [6, 6.07) is 8.69. The Labute approximate surface area is 128 Å². The number of carbonyl (C=O) groups excluding carboxylic acids is 2. The third kappa shape index (κ3) is 1.54. The summed E-state index contributed by atoms with van der Waals surface area (Å²) in [6.45, 7) is 3.66. The van der Waals surface area contributed by atoms with Gasteiger partial charge in [0.1, 0.15) is 0 Å². The molecule has 0 heterocycles. The van der Waals surface area contributed by atoms with Crippen molar-refractivity contribution in [3.63, 3.8) is 0 Å². The van der Waals surface area contributed by atoms with Gasteiger partial charge in [0, 0.05) is 22.3 Å². The summed E-state index contributed by atoms with van der Waals surface area (Å²) in [4.78, 5) is 25.6. The second kappa shape index (κ2) is 4.14. The normalized spacial score (nSPS) is 22.3. The Hall–Kier alpha value is -2.26. The Bertz CT molecular complexity index is 859. The molecule has 0 saturated heterocycles. The van der Waals surface area contributed by atoms with Crippen molar-refractivity contribution >= 4 is 11.6 Å². The summed E-state index contributed by atoms with van der Waals surface area (Å²) in [5.41, 5.74) is 3.62. The number of hydrogen-bond donors (Lipinski definition) is 1. The molecule has 1 atom stereocenters. The van der Waals surface area contributed by atoms with Crippen molar-refractivity contribution in [3.8, 4) is 0 Å². The molecule has 0 spiro atoms. The van der Waals surface area contributed by atoms with Crippen LogP contribution in [0.5, 0.6) is 0 Å². The van der Waals surface area contributed by atoms with Gasteiger partial charge in [0.15, 0.2) is 11.6 Å². The van der Waals surface area contributed by atoms with Gasteiger partial charge in [0.25, 0.3) is 0 Å². The van der Waals surface area contributed by atoms with E-state index in [1.54, 1.807) is 37.3 Å². The highest BCUT2D eigenvalue weighted by atomic mass is 16.3. The van der Waals surface area contributed by atoms with E-state index in [9.17, 15) is 14.7 Å². The van der Waals surface area contributed by atoms with Crippen LogP contribution in [0.15, 0.2) is 30.3 Å². The lowest BCUT2D eigenvalue weighted by Gasteiger charge is -2.24. The molecule has 0 saturated carbocycles. The monoisotopic (exact) mass is 292 g/mol. The average Bonchev–Trinajstić information content (AvgIpc) is 2.80. The minimum Gasteiger partial charge on any atom is -0.385 e. The van der Waals surface area contributed by atoms with Gasteiger partial charge < -0.3 is 5.11 Å². The molecule has 2 aliphatic carbocycles. The van der Waals surface area contributed by atoms with Crippen LogP contribution >= 0.6 is 0 Å². The molecule has 22 heavy (non-hydrogen) atoms. The van der Waals surface area contributed by atoms with Crippen LogP contribution in [0.3, 0.4) is 0 Å². The first-order valence-electron chi connectivity index (χ1n) is 7.49. The van der Waals surface area contributed by atoms with Crippen LogP contribution in [0.25, 0.3) is 0 Å². The highest BCUT2D eigenvalue weighted by molar-refractivity contribution is 6.29. The zero-order chi connectivity index (χ0) is 15.6. The van der Waals surface area contributed by atoms with Crippen molar-refractivity contribution in [1.29, 1.82) is 0 Å².